The van der Waals surface area contributed by atoms with Crippen molar-refractivity contribution in [3.05, 3.63) is 0 Å². The lowest BCUT2D eigenvalue weighted by Crippen LogP contribution is -2.26. The zero-order valence-electron chi connectivity index (χ0n) is 8.97. The minimum Gasteiger partial charge on any atom is -0.358 e. The van der Waals surface area contributed by atoms with Crippen LogP contribution in [0.2, 0.25) is 0 Å². The van der Waals surface area contributed by atoms with E-state index in [-0.39, 0.29) is 5.75 Å². The molecule has 0 rings (SSSR count). The van der Waals surface area contributed by atoms with Crippen LogP contribution in [-0.2, 0) is 10.1 Å². The van der Waals surface area contributed by atoms with Gasteiger partial charge < -0.3 is 4.90 Å². The first-order valence-corrected chi connectivity index (χ1v) is 7.77. The molecule has 4 nitrogen and oxygen atoms in total. The monoisotopic (exact) mass is 271 g/mol. The highest BCUT2D eigenvalue weighted by atomic mass is 32.2. The Labute approximate surface area is 101 Å². The van der Waals surface area contributed by atoms with E-state index in [1.54, 1.807) is 0 Å². The van der Waals surface area contributed by atoms with Crippen LogP contribution in [0.25, 0.3) is 0 Å². The van der Waals surface area contributed by atoms with E-state index >= 15 is 0 Å². The predicted molar refractivity (Wildman–Crippen MR) is 69.0 cm³/mol. The largest absolute Gasteiger partial charge is 0.358 e. The molecular formula is C8H17NO3S3. The first-order chi connectivity index (χ1) is 6.90. The summed E-state index contributed by atoms with van der Waals surface area (Å²) in [5.74, 6) is 0.427. The summed E-state index contributed by atoms with van der Waals surface area (Å²) in [4.78, 5) is 2.04. The molecule has 0 aromatic rings. The Morgan fingerprint density at radius 1 is 1.40 bits per heavy atom. The van der Waals surface area contributed by atoms with Gasteiger partial charge >= 0.3 is 0 Å². The van der Waals surface area contributed by atoms with Crippen molar-refractivity contribution in [2.24, 2.45) is 0 Å². The molecule has 0 aliphatic rings. The SMILES string of the molecule is CCN(CC)C(=S)SCCCS(=O)(=O)O. The van der Waals surface area contributed by atoms with Gasteiger partial charge in [0.15, 0.2) is 0 Å². The summed E-state index contributed by atoms with van der Waals surface area (Å²) in [5.41, 5.74) is 0. The fraction of sp³-hybridized carbons (Fsp3) is 0.875. The highest BCUT2D eigenvalue weighted by Gasteiger charge is 2.07. The van der Waals surface area contributed by atoms with E-state index < -0.39 is 10.1 Å². The maximum atomic E-state index is 10.4. The third-order valence-corrected chi connectivity index (χ3v) is 4.21. The summed E-state index contributed by atoms with van der Waals surface area (Å²) < 4.78 is 30.1. The van der Waals surface area contributed by atoms with E-state index in [4.69, 9.17) is 16.8 Å². The van der Waals surface area contributed by atoms with Gasteiger partial charge in [0.05, 0.1) is 5.75 Å². The van der Waals surface area contributed by atoms with Crippen LogP contribution in [0.1, 0.15) is 20.3 Å². The van der Waals surface area contributed by atoms with E-state index in [9.17, 15) is 8.42 Å². The lowest BCUT2D eigenvalue weighted by molar-refractivity contribution is 0.481. The van der Waals surface area contributed by atoms with Crippen molar-refractivity contribution in [2.75, 3.05) is 24.6 Å². The van der Waals surface area contributed by atoms with Crippen LogP contribution in [0.5, 0.6) is 0 Å². The van der Waals surface area contributed by atoms with Crippen LogP contribution in [0, 0.1) is 0 Å². The molecule has 0 radical (unpaired) electrons. The molecule has 0 fully saturated rings. The van der Waals surface area contributed by atoms with Crippen LogP contribution in [0.4, 0.5) is 0 Å². The zero-order chi connectivity index (χ0) is 11.9. The maximum Gasteiger partial charge on any atom is 0.264 e. The van der Waals surface area contributed by atoms with Crippen LogP contribution >= 0.6 is 24.0 Å². The summed E-state index contributed by atoms with van der Waals surface area (Å²) in [6.07, 6.45) is 0.422. The van der Waals surface area contributed by atoms with Crippen LogP contribution < -0.4 is 0 Å². The molecule has 0 spiro atoms. The molecule has 90 valence electrons. The third-order valence-electron chi connectivity index (χ3n) is 1.79. The maximum absolute atomic E-state index is 10.4. The van der Waals surface area contributed by atoms with Gasteiger partial charge in [0, 0.05) is 18.8 Å². The van der Waals surface area contributed by atoms with Gasteiger partial charge in [-0.25, -0.2) is 0 Å². The zero-order valence-corrected chi connectivity index (χ0v) is 11.4. The standard InChI is InChI=1S/C8H17NO3S3/c1-3-9(4-2)8(13)14-6-5-7-15(10,11)12/h3-7H2,1-2H3,(H,10,11,12). The highest BCUT2D eigenvalue weighted by Crippen LogP contribution is 2.10. The Bertz CT molecular complexity index is 286. The van der Waals surface area contributed by atoms with Gasteiger partial charge in [0.2, 0.25) is 0 Å². The van der Waals surface area contributed by atoms with Crippen molar-refractivity contribution in [3.8, 4) is 0 Å². The summed E-state index contributed by atoms with van der Waals surface area (Å²) >= 11 is 6.61. The van der Waals surface area contributed by atoms with Crippen molar-refractivity contribution >= 4 is 38.4 Å². The van der Waals surface area contributed by atoms with Gasteiger partial charge in [-0.1, -0.05) is 24.0 Å². The van der Waals surface area contributed by atoms with E-state index in [1.807, 2.05) is 18.7 Å². The molecule has 0 saturated heterocycles. The van der Waals surface area contributed by atoms with Crippen LogP contribution in [0.15, 0.2) is 0 Å². The van der Waals surface area contributed by atoms with E-state index in [2.05, 4.69) is 0 Å². The number of thioether (sulfide) groups is 1. The lowest BCUT2D eigenvalue weighted by atomic mass is 10.6. The van der Waals surface area contributed by atoms with Crippen LogP contribution in [0.3, 0.4) is 0 Å². The summed E-state index contributed by atoms with van der Waals surface area (Å²) in [5, 5.41) is 0. The molecule has 0 unspecified atom stereocenters. The van der Waals surface area contributed by atoms with E-state index in [1.165, 1.54) is 11.8 Å². The molecule has 7 heteroatoms. The van der Waals surface area contributed by atoms with Gasteiger partial charge in [-0.15, -0.1) is 0 Å². The second-order valence-corrected chi connectivity index (χ2v) is 6.23. The van der Waals surface area contributed by atoms with Crippen molar-refractivity contribution in [3.63, 3.8) is 0 Å². The molecule has 0 atom stereocenters. The van der Waals surface area contributed by atoms with Crippen molar-refractivity contribution in [2.45, 2.75) is 20.3 Å². The molecule has 0 bridgehead atoms. The minimum absolute atomic E-state index is 0.194. The minimum atomic E-state index is -3.82. The first-order valence-electron chi connectivity index (χ1n) is 4.77. The summed E-state index contributed by atoms with van der Waals surface area (Å²) in [6.45, 7) is 5.77. The number of rotatable bonds is 6. The molecule has 0 aliphatic heterocycles. The molecule has 0 amide bonds. The Hall–Kier alpha value is 0.150. The second kappa shape index (κ2) is 7.43. The highest BCUT2D eigenvalue weighted by molar-refractivity contribution is 8.22. The van der Waals surface area contributed by atoms with Crippen molar-refractivity contribution in [1.29, 1.82) is 0 Å². The molecule has 0 aliphatic carbocycles. The normalized spacial score (nSPS) is 11.4. The van der Waals surface area contributed by atoms with E-state index in [0.29, 0.717) is 12.2 Å². The number of hydrogen-bond acceptors (Lipinski definition) is 4. The number of hydrogen-bond donors (Lipinski definition) is 1. The van der Waals surface area contributed by atoms with Gasteiger partial charge in [0.25, 0.3) is 10.1 Å². The first kappa shape index (κ1) is 15.2. The van der Waals surface area contributed by atoms with Gasteiger partial charge in [-0.3, -0.25) is 4.55 Å². The molecule has 0 saturated carbocycles. The van der Waals surface area contributed by atoms with Gasteiger partial charge in [-0.2, -0.15) is 8.42 Å². The van der Waals surface area contributed by atoms with Gasteiger partial charge in [-0.05, 0) is 20.3 Å². The van der Waals surface area contributed by atoms with Crippen molar-refractivity contribution in [1.82, 2.24) is 4.90 Å². The molecular weight excluding hydrogens is 254 g/mol. The Kier molecular flexibility index (Phi) is 7.50. The molecule has 0 aromatic heterocycles. The lowest BCUT2D eigenvalue weighted by Gasteiger charge is -2.20. The predicted octanol–water partition coefficient (Wildman–Crippen LogP) is 1.62. The summed E-state index contributed by atoms with van der Waals surface area (Å²) in [7, 11) is -3.82. The molecule has 0 heterocycles. The quantitative estimate of drug-likeness (QED) is 0.450. The third kappa shape index (κ3) is 8.01. The summed E-state index contributed by atoms with van der Waals surface area (Å²) in [6, 6.07) is 0. The number of nitrogens with zero attached hydrogens (tertiary/aromatic N) is 1. The van der Waals surface area contributed by atoms with E-state index in [0.717, 1.165) is 17.4 Å². The second-order valence-electron chi connectivity index (χ2n) is 2.93. The Morgan fingerprint density at radius 3 is 2.33 bits per heavy atom. The topological polar surface area (TPSA) is 57.6 Å². The van der Waals surface area contributed by atoms with Crippen molar-refractivity contribution < 1.29 is 13.0 Å². The Balaban J connectivity index is 3.73. The smallest absolute Gasteiger partial charge is 0.264 e. The number of thiocarbonyl (C=S) groups is 1. The van der Waals surface area contributed by atoms with Gasteiger partial charge in [0.1, 0.15) is 4.32 Å². The fourth-order valence-corrected chi connectivity index (χ4v) is 3.08. The average Bonchev–Trinajstić information content (AvgIpc) is 2.13. The van der Waals surface area contributed by atoms with Crippen LogP contribution in [-0.4, -0.2) is 46.8 Å². The average molecular weight is 271 g/mol. The fourth-order valence-electron chi connectivity index (χ4n) is 0.974. The molecule has 15 heavy (non-hydrogen) atoms. The molecule has 1 N–H and O–H groups in total. The molecule has 0 aromatic carbocycles. The Morgan fingerprint density at radius 2 is 1.93 bits per heavy atom.